The van der Waals surface area contributed by atoms with Crippen LogP contribution in [-0.4, -0.2) is 24.6 Å². The summed E-state index contributed by atoms with van der Waals surface area (Å²) in [4.78, 5) is 8.27. The first-order chi connectivity index (χ1) is 8.04. The first kappa shape index (κ1) is 14.5. The Labute approximate surface area is 109 Å². The van der Waals surface area contributed by atoms with E-state index >= 15 is 0 Å². The first-order valence-corrected chi connectivity index (χ1v) is 7.27. The van der Waals surface area contributed by atoms with Crippen LogP contribution in [0.25, 0.3) is 0 Å². The lowest BCUT2D eigenvalue weighted by atomic mass is 10.3. The number of hydrogen-bond acceptors (Lipinski definition) is 4. The fourth-order valence-electron chi connectivity index (χ4n) is 1.53. The molecule has 0 amide bonds. The summed E-state index contributed by atoms with van der Waals surface area (Å²) in [5.74, 6) is 0. The van der Waals surface area contributed by atoms with Gasteiger partial charge < -0.3 is 10.2 Å². The SMILES string of the molecule is CCCCN(C)c1nc(C)c(CNC(C)C)s1. The number of hydrogen-bond donors (Lipinski definition) is 1. The third-order valence-corrected chi connectivity index (χ3v) is 4.00. The van der Waals surface area contributed by atoms with Crippen molar-refractivity contribution in [3.63, 3.8) is 0 Å². The molecule has 1 rings (SSSR count). The Kier molecular flexibility index (Phi) is 5.92. The molecular formula is C13H25N3S. The van der Waals surface area contributed by atoms with Gasteiger partial charge in [0.2, 0.25) is 0 Å². The molecule has 0 unspecified atom stereocenters. The number of anilines is 1. The van der Waals surface area contributed by atoms with Gasteiger partial charge in [-0.1, -0.05) is 27.2 Å². The van der Waals surface area contributed by atoms with E-state index in [1.165, 1.54) is 23.4 Å². The topological polar surface area (TPSA) is 28.2 Å². The van der Waals surface area contributed by atoms with Crippen LogP contribution < -0.4 is 10.2 Å². The van der Waals surface area contributed by atoms with Gasteiger partial charge in [0.25, 0.3) is 0 Å². The zero-order valence-electron chi connectivity index (χ0n) is 11.7. The molecule has 17 heavy (non-hydrogen) atoms. The molecule has 0 spiro atoms. The predicted molar refractivity (Wildman–Crippen MR) is 77.0 cm³/mol. The average molecular weight is 255 g/mol. The average Bonchev–Trinajstić information content (AvgIpc) is 2.65. The molecule has 0 fully saturated rings. The van der Waals surface area contributed by atoms with Crippen LogP contribution >= 0.6 is 11.3 Å². The molecule has 0 saturated carbocycles. The zero-order valence-corrected chi connectivity index (χ0v) is 12.5. The van der Waals surface area contributed by atoms with Gasteiger partial charge in [-0.2, -0.15) is 0 Å². The summed E-state index contributed by atoms with van der Waals surface area (Å²) in [6.07, 6.45) is 2.46. The second-order valence-electron chi connectivity index (χ2n) is 4.82. The molecule has 1 N–H and O–H groups in total. The van der Waals surface area contributed by atoms with Gasteiger partial charge >= 0.3 is 0 Å². The van der Waals surface area contributed by atoms with Crippen molar-refractivity contribution >= 4 is 16.5 Å². The van der Waals surface area contributed by atoms with Crippen molar-refractivity contribution < 1.29 is 0 Å². The molecule has 1 heterocycles. The van der Waals surface area contributed by atoms with Crippen LogP contribution in [0, 0.1) is 6.92 Å². The fourth-order valence-corrected chi connectivity index (χ4v) is 2.53. The minimum Gasteiger partial charge on any atom is -0.351 e. The normalized spacial score (nSPS) is 11.2. The van der Waals surface area contributed by atoms with Crippen molar-refractivity contribution in [2.24, 2.45) is 0 Å². The maximum Gasteiger partial charge on any atom is 0.185 e. The van der Waals surface area contributed by atoms with Crippen molar-refractivity contribution in [1.29, 1.82) is 0 Å². The maximum atomic E-state index is 4.65. The monoisotopic (exact) mass is 255 g/mol. The molecule has 0 bridgehead atoms. The Morgan fingerprint density at radius 1 is 1.41 bits per heavy atom. The quantitative estimate of drug-likeness (QED) is 0.811. The number of aryl methyl sites for hydroxylation is 1. The van der Waals surface area contributed by atoms with Crippen LogP contribution in [0.3, 0.4) is 0 Å². The number of nitrogens with zero attached hydrogens (tertiary/aromatic N) is 2. The van der Waals surface area contributed by atoms with Gasteiger partial charge in [0.05, 0.1) is 5.69 Å². The first-order valence-electron chi connectivity index (χ1n) is 6.45. The van der Waals surface area contributed by atoms with E-state index in [0.29, 0.717) is 6.04 Å². The highest BCUT2D eigenvalue weighted by atomic mass is 32.1. The molecule has 0 atom stereocenters. The van der Waals surface area contributed by atoms with E-state index in [0.717, 1.165) is 18.2 Å². The van der Waals surface area contributed by atoms with Crippen LogP contribution in [-0.2, 0) is 6.54 Å². The summed E-state index contributed by atoms with van der Waals surface area (Å²) in [6, 6.07) is 0.526. The number of unbranched alkanes of at least 4 members (excludes halogenated alkanes) is 1. The number of aromatic nitrogens is 1. The van der Waals surface area contributed by atoms with E-state index in [9.17, 15) is 0 Å². The van der Waals surface area contributed by atoms with E-state index in [1.807, 2.05) is 11.3 Å². The highest BCUT2D eigenvalue weighted by Crippen LogP contribution is 2.25. The lowest BCUT2D eigenvalue weighted by molar-refractivity contribution is 0.591. The fraction of sp³-hybridized carbons (Fsp3) is 0.769. The lowest BCUT2D eigenvalue weighted by Crippen LogP contribution is -2.21. The smallest absolute Gasteiger partial charge is 0.185 e. The summed E-state index contributed by atoms with van der Waals surface area (Å²) in [5.41, 5.74) is 1.17. The largest absolute Gasteiger partial charge is 0.351 e. The van der Waals surface area contributed by atoms with Gasteiger partial charge in [-0.25, -0.2) is 4.98 Å². The van der Waals surface area contributed by atoms with Crippen LogP contribution in [0.5, 0.6) is 0 Å². The molecule has 0 radical (unpaired) electrons. The predicted octanol–water partition coefficient (Wildman–Crippen LogP) is 3.19. The molecular weight excluding hydrogens is 230 g/mol. The van der Waals surface area contributed by atoms with Crippen molar-refractivity contribution in [3.8, 4) is 0 Å². The minimum absolute atomic E-state index is 0.526. The molecule has 0 aliphatic carbocycles. The van der Waals surface area contributed by atoms with Gasteiger partial charge in [0, 0.05) is 31.1 Å². The van der Waals surface area contributed by atoms with Crippen molar-refractivity contribution in [3.05, 3.63) is 10.6 Å². The standard InChI is InChI=1S/C13H25N3S/c1-6-7-8-16(5)13-15-11(4)12(17-13)9-14-10(2)3/h10,14H,6-9H2,1-5H3. The molecule has 0 aliphatic heterocycles. The minimum atomic E-state index is 0.526. The van der Waals surface area contributed by atoms with E-state index < -0.39 is 0 Å². The van der Waals surface area contributed by atoms with Crippen LogP contribution in [0.1, 0.15) is 44.2 Å². The third kappa shape index (κ3) is 4.64. The molecule has 4 heteroatoms. The second kappa shape index (κ2) is 6.97. The van der Waals surface area contributed by atoms with Crippen LogP contribution in [0.15, 0.2) is 0 Å². The molecule has 0 aromatic carbocycles. The van der Waals surface area contributed by atoms with Gasteiger partial charge in [-0.05, 0) is 13.3 Å². The van der Waals surface area contributed by atoms with Crippen LogP contribution in [0.2, 0.25) is 0 Å². The highest BCUT2D eigenvalue weighted by Gasteiger charge is 2.10. The number of thiazole rings is 1. The summed E-state index contributed by atoms with van der Waals surface area (Å²) in [5, 5.41) is 4.60. The van der Waals surface area contributed by atoms with E-state index in [1.54, 1.807) is 0 Å². The molecule has 3 nitrogen and oxygen atoms in total. The second-order valence-corrected chi connectivity index (χ2v) is 5.88. The van der Waals surface area contributed by atoms with Crippen molar-refractivity contribution in [2.45, 2.75) is 53.1 Å². The summed E-state index contributed by atoms with van der Waals surface area (Å²) < 4.78 is 0. The molecule has 1 aromatic heterocycles. The summed E-state index contributed by atoms with van der Waals surface area (Å²) >= 11 is 1.81. The van der Waals surface area contributed by atoms with Gasteiger partial charge in [0.1, 0.15) is 0 Å². The molecule has 1 aromatic rings. The van der Waals surface area contributed by atoms with Gasteiger partial charge in [-0.15, -0.1) is 11.3 Å². The third-order valence-electron chi connectivity index (χ3n) is 2.73. The summed E-state index contributed by atoms with van der Waals surface area (Å²) in [7, 11) is 2.13. The zero-order chi connectivity index (χ0) is 12.8. The van der Waals surface area contributed by atoms with E-state index in [2.05, 4.69) is 49.9 Å². The molecule has 98 valence electrons. The Morgan fingerprint density at radius 2 is 2.12 bits per heavy atom. The summed E-state index contributed by atoms with van der Waals surface area (Å²) in [6.45, 7) is 10.7. The number of rotatable bonds is 7. The van der Waals surface area contributed by atoms with E-state index in [-0.39, 0.29) is 0 Å². The Balaban J connectivity index is 2.60. The van der Waals surface area contributed by atoms with Crippen LogP contribution in [0.4, 0.5) is 5.13 Å². The van der Waals surface area contributed by atoms with Gasteiger partial charge in [0.15, 0.2) is 5.13 Å². The van der Waals surface area contributed by atoms with Gasteiger partial charge in [-0.3, -0.25) is 0 Å². The molecule has 0 aliphatic rings. The lowest BCUT2D eigenvalue weighted by Gasteiger charge is -2.14. The maximum absolute atomic E-state index is 4.65. The Hall–Kier alpha value is -0.610. The van der Waals surface area contributed by atoms with E-state index in [4.69, 9.17) is 0 Å². The van der Waals surface area contributed by atoms with Crippen molar-refractivity contribution in [2.75, 3.05) is 18.5 Å². The molecule has 0 saturated heterocycles. The van der Waals surface area contributed by atoms with Crippen molar-refractivity contribution in [1.82, 2.24) is 10.3 Å². The Bertz CT molecular complexity index is 333. The highest BCUT2D eigenvalue weighted by molar-refractivity contribution is 7.15. The number of nitrogens with one attached hydrogen (secondary N) is 1. The Morgan fingerprint density at radius 3 is 2.71 bits per heavy atom.